The van der Waals surface area contributed by atoms with E-state index in [1.807, 2.05) is 25.1 Å². The van der Waals surface area contributed by atoms with Crippen molar-refractivity contribution in [1.82, 2.24) is 13.5 Å². The molecule has 0 saturated carbocycles. The van der Waals surface area contributed by atoms with E-state index in [1.165, 1.54) is 10.4 Å². The van der Waals surface area contributed by atoms with Crippen molar-refractivity contribution in [2.45, 2.75) is 49.6 Å². The molecule has 2 aromatic carbocycles. The van der Waals surface area contributed by atoms with Gasteiger partial charge in [-0.3, -0.25) is 9.69 Å². The van der Waals surface area contributed by atoms with E-state index < -0.39 is 44.0 Å². The number of ether oxygens (including phenoxy) is 1. The van der Waals surface area contributed by atoms with Crippen LogP contribution in [0.1, 0.15) is 32.6 Å². The van der Waals surface area contributed by atoms with Gasteiger partial charge in [0.15, 0.2) is 0 Å². The van der Waals surface area contributed by atoms with Crippen LogP contribution in [-0.4, -0.2) is 93.5 Å². The number of morpholine rings is 1. The molecule has 202 valence electrons. The third-order valence-electron chi connectivity index (χ3n) is 7.84. The zero-order valence-electron chi connectivity index (χ0n) is 21.2. The first-order valence-electron chi connectivity index (χ1n) is 13.1. The van der Waals surface area contributed by atoms with Crippen molar-refractivity contribution in [3.63, 3.8) is 0 Å². The lowest BCUT2D eigenvalue weighted by molar-refractivity contribution is -0.128. The molecule has 3 aliphatic heterocycles. The average molecular weight is 550 g/mol. The van der Waals surface area contributed by atoms with Crippen molar-refractivity contribution in [2.24, 2.45) is 5.92 Å². The monoisotopic (exact) mass is 549 g/mol. The second kappa shape index (κ2) is 10.6. The number of hydrogen-bond donors (Lipinski definition) is 0. The fraction of sp³-hybridized carbons (Fsp3) is 0.577. The summed E-state index contributed by atoms with van der Waals surface area (Å²) in [6.07, 6.45) is 1.90. The lowest BCUT2D eigenvalue weighted by Gasteiger charge is -2.28. The molecule has 0 bridgehead atoms. The maximum atomic E-state index is 14.0. The summed E-state index contributed by atoms with van der Waals surface area (Å²) in [6, 6.07) is 10.9. The van der Waals surface area contributed by atoms with Crippen LogP contribution in [0.25, 0.3) is 10.8 Å². The van der Waals surface area contributed by atoms with Crippen molar-refractivity contribution >= 4 is 36.7 Å². The summed E-state index contributed by atoms with van der Waals surface area (Å²) in [5, 5.41) is 1.33. The molecule has 0 aliphatic carbocycles. The molecule has 2 aromatic rings. The van der Waals surface area contributed by atoms with Crippen LogP contribution in [-0.2, 0) is 29.6 Å². The Morgan fingerprint density at radius 1 is 0.973 bits per heavy atom. The number of carbonyl (C=O) groups excluding carboxylic acids is 1. The van der Waals surface area contributed by atoms with Crippen LogP contribution in [0.4, 0.5) is 0 Å². The first-order chi connectivity index (χ1) is 17.8. The molecular weight excluding hydrogens is 514 g/mol. The minimum atomic E-state index is -4.18. The minimum Gasteiger partial charge on any atom is -0.379 e. The van der Waals surface area contributed by atoms with Crippen LogP contribution in [0.15, 0.2) is 47.4 Å². The van der Waals surface area contributed by atoms with Crippen LogP contribution in [0.3, 0.4) is 0 Å². The molecule has 11 heteroatoms. The SMILES string of the molecule is CCCC1C(=O)N(S(=O)(=O)c2cccc3ccccc23)[C@H]2CCN(S(=O)(=O)CCCN3CCOCC3)[C@H]12. The van der Waals surface area contributed by atoms with Crippen LogP contribution >= 0.6 is 0 Å². The summed E-state index contributed by atoms with van der Waals surface area (Å²) >= 11 is 0. The molecule has 3 aliphatic rings. The van der Waals surface area contributed by atoms with E-state index in [2.05, 4.69) is 4.90 Å². The van der Waals surface area contributed by atoms with Gasteiger partial charge in [-0.1, -0.05) is 49.7 Å². The van der Waals surface area contributed by atoms with Crippen LogP contribution in [0.5, 0.6) is 0 Å². The normalized spacial score (nSPS) is 25.7. The Balaban J connectivity index is 1.42. The molecule has 3 fully saturated rings. The molecule has 3 atom stereocenters. The number of rotatable bonds is 9. The molecule has 0 spiro atoms. The molecule has 5 rings (SSSR count). The van der Waals surface area contributed by atoms with Crippen molar-refractivity contribution in [1.29, 1.82) is 0 Å². The third-order valence-corrected chi connectivity index (χ3v) is 11.7. The van der Waals surface area contributed by atoms with E-state index >= 15 is 0 Å². The van der Waals surface area contributed by atoms with E-state index in [9.17, 15) is 21.6 Å². The Morgan fingerprint density at radius 2 is 1.70 bits per heavy atom. The highest BCUT2D eigenvalue weighted by atomic mass is 32.2. The van der Waals surface area contributed by atoms with Gasteiger partial charge in [0.1, 0.15) is 0 Å². The van der Waals surface area contributed by atoms with Gasteiger partial charge in [0, 0.05) is 25.0 Å². The lowest BCUT2D eigenvalue weighted by atomic mass is 9.95. The van der Waals surface area contributed by atoms with Crippen molar-refractivity contribution < 1.29 is 26.4 Å². The van der Waals surface area contributed by atoms with Crippen molar-refractivity contribution in [3.05, 3.63) is 42.5 Å². The van der Waals surface area contributed by atoms with E-state index in [-0.39, 0.29) is 17.2 Å². The number of hydrogen-bond acceptors (Lipinski definition) is 7. The Hall–Kier alpha value is -2.05. The molecule has 0 aromatic heterocycles. The van der Waals surface area contributed by atoms with Gasteiger partial charge in [0.05, 0.1) is 41.9 Å². The van der Waals surface area contributed by atoms with Gasteiger partial charge in [0.25, 0.3) is 10.0 Å². The molecule has 0 N–H and O–H groups in total. The van der Waals surface area contributed by atoms with Gasteiger partial charge in [-0.2, -0.15) is 4.31 Å². The Morgan fingerprint density at radius 3 is 2.46 bits per heavy atom. The summed E-state index contributed by atoms with van der Waals surface area (Å²) < 4.78 is 62.7. The number of amides is 1. The third kappa shape index (κ3) is 4.92. The first-order valence-corrected chi connectivity index (χ1v) is 16.2. The minimum absolute atomic E-state index is 0.0172. The maximum absolute atomic E-state index is 14.0. The van der Waals surface area contributed by atoms with Crippen LogP contribution < -0.4 is 0 Å². The fourth-order valence-electron chi connectivity index (χ4n) is 6.13. The van der Waals surface area contributed by atoms with Gasteiger partial charge < -0.3 is 4.74 Å². The highest BCUT2D eigenvalue weighted by molar-refractivity contribution is 7.90. The standard InChI is InChI=1S/C26H35N3O6S2/c1-2-7-22-25-23(12-14-28(25)36(31,32)19-6-13-27-15-17-35-18-16-27)29(26(22)30)37(33,34)24-11-5-9-20-8-3-4-10-21(20)24/h3-5,8-11,22-23,25H,2,6-7,12-19H2,1H3/t22?,23-,25+/m0/s1. The molecular formula is C26H35N3O6S2. The Labute approximate surface area is 219 Å². The zero-order chi connectivity index (χ0) is 26.2. The van der Waals surface area contributed by atoms with Gasteiger partial charge in [-0.15, -0.1) is 0 Å². The summed E-state index contributed by atoms with van der Waals surface area (Å²) in [5.74, 6) is -1.18. The molecule has 1 amide bonds. The van der Waals surface area contributed by atoms with Gasteiger partial charge in [-0.05, 0) is 37.3 Å². The lowest BCUT2D eigenvalue weighted by Crippen LogP contribution is -2.44. The topological polar surface area (TPSA) is 104 Å². The van der Waals surface area contributed by atoms with E-state index in [0.717, 1.165) is 22.8 Å². The summed E-state index contributed by atoms with van der Waals surface area (Å²) in [7, 11) is -7.83. The smallest absolute Gasteiger partial charge is 0.267 e. The number of benzene rings is 2. The van der Waals surface area contributed by atoms with Crippen LogP contribution in [0.2, 0.25) is 0 Å². The Bertz CT molecular complexity index is 1350. The van der Waals surface area contributed by atoms with Crippen LogP contribution in [0, 0.1) is 5.92 Å². The fourth-order valence-corrected chi connectivity index (χ4v) is 9.79. The van der Waals surface area contributed by atoms with Gasteiger partial charge in [-0.25, -0.2) is 21.1 Å². The quantitative estimate of drug-likeness (QED) is 0.473. The summed E-state index contributed by atoms with van der Waals surface area (Å²) in [4.78, 5) is 15.9. The number of nitrogens with zero attached hydrogens (tertiary/aromatic N) is 3. The van der Waals surface area contributed by atoms with E-state index in [4.69, 9.17) is 4.74 Å². The molecule has 9 nitrogen and oxygen atoms in total. The Kier molecular flexibility index (Phi) is 7.61. The van der Waals surface area contributed by atoms with Crippen molar-refractivity contribution in [3.8, 4) is 0 Å². The highest BCUT2D eigenvalue weighted by Gasteiger charge is 2.59. The molecule has 0 radical (unpaired) electrons. The average Bonchev–Trinajstić information content (AvgIpc) is 3.43. The molecule has 3 saturated heterocycles. The molecule has 3 heterocycles. The number of fused-ring (bicyclic) bond motifs is 2. The second-order valence-corrected chi connectivity index (χ2v) is 13.9. The van der Waals surface area contributed by atoms with Gasteiger partial charge in [0.2, 0.25) is 15.9 Å². The van der Waals surface area contributed by atoms with E-state index in [0.29, 0.717) is 50.8 Å². The molecule has 37 heavy (non-hydrogen) atoms. The molecule has 1 unspecified atom stereocenters. The predicted octanol–water partition coefficient (Wildman–Crippen LogP) is 2.28. The second-order valence-electron chi connectivity index (χ2n) is 10.1. The van der Waals surface area contributed by atoms with E-state index in [1.54, 1.807) is 18.2 Å². The van der Waals surface area contributed by atoms with Crippen molar-refractivity contribution in [2.75, 3.05) is 45.1 Å². The summed E-state index contributed by atoms with van der Waals surface area (Å²) in [5.41, 5.74) is 0. The predicted molar refractivity (Wildman–Crippen MR) is 141 cm³/mol. The largest absolute Gasteiger partial charge is 0.379 e. The highest BCUT2D eigenvalue weighted by Crippen LogP contribution is 2.43. The zero-order valence-corrected chi connectivity index (χ0v) is 22.8. The first kappa shape index (κ1) is 26.6. The summed E-state index contributed by atoms with van der Waals surface area (Å²) in [6.45, 7) is 5.73. The number of sulfonamides is 2. The number of carbonyl (C=O) groups is 1. The maximum Gasteiger partial charge on any atom is 0.267 e. The van der Waals surface area contributed by atoms with Gasteiger partial charge >= 0.3 is 0 Å².